The molecule has 0 aliphatic carbocycles. The Morgan fingerprint density at radius 1 is 1.20 bits per heavy atom. The van der Waals surface area contributed by atoms with Crippen LogP contribution < -0.4 is 5.32 Å². The van der Waals surface area contributed by atoms with Crippen LogP contribution in [0, 0.1) is 0 Å². The summed E-state index contributed by atoms with van der Waals surface area (Å²) in [7, 11) is 0. The second-order valence-electron chi connectivity index (χ2n) is 6.19. The molecule has 1 heterocycles. The molecule has 0 spiro atoms. The average Bonchev–Trinajstić information content (AvgIpc) is 2.97. The first-order valence-electron chi connectivity index (χ1n) is 8.55. The molecule has 2 aromatic carbocycles. The Bertz CT molecular complexity index is 868. The lowest BCUT2D eigenvalue weighted by atomic mass is 10.1. The third-order valence-electron chi connectivity index (χ3n) is 4.26. The number of fused-ring (bicyclic) bond motifs is 1. The standard InChI is InChI=1S/C20H23N3O2/c1-14(21-15(2)25)16-9-11-17(12-10-16)23-19-7-4-3-6-18(19)22-20(23)8-5-13-24/h3-4,6-7,9-12,14,24H,5,8,13H2,1-2H3,(H,21,25)/t14-/m0/s1. The van der Waals surface area contributed by atoms with Crippen LogP contribution in [0.5, 0.6) is 0 Å². The van der Waals surface area contributed by atoms with Gasteiger partial charge in [0.1, 0.15) is 5.82 Å². The second-order valence-corrected chi connectivity index (χ2v) is 6.19. The van der Waals surface area contributed by atoms with Gasteiger partial charge in [0.25, 0.3) is 0 Å². The van der Waals surface area contributed by atoms with Gasteiger partial charge in [0, 0.05) is 25.6 Å². The van der Waals surface area contributed by atoms with Gasteiger partial charge in [0.05, 0.1) is 17.1 Å². The highest BCUT2D eigenvalue weighted by Gasteiger charge is 2.13. The number of hydrogen-bond acceptors (Lipinski definition) is 3. The molecule has 0 saturated carbocycles. The number of aryl methyl sites for hydroxylation is 1. The van der Waals surface area contributed by atoms with Gasteiger partial charge in [0.15, 0.2) is 0 Å². The number of carbonyl (C=O) groups excluding carboxylic acids is 1. The quantitative estimate of drug-likeness (QED) is 0.726. The number of aliphatic hydroxyl groups is 1. The molecule has 1 amide bonds. The molecule has 0 aliphatic rings. The molecule has 3 aromatic rings. The van der Waals surface area contributed by atoms with Crippen molar-refractivity contribution in [1.29, 1.82) is 0 Å². The summed E-state index contributed by atoms with van der Waals surface area (Å²) in [5.41, 5.74) is 4.09. The average molecular weight is 337 g/mol. The number of carbonyl (C=O) groups is 1. The number of para-hydroxylation sites is 2. The Morgan fingerprint density at radius 2 is 1.92 bits per heavy atom. The molecule has 130 valence electrons. The predicted molar refractivity (Wildman–Crippen MR) is 98.7 cm³/mol. The normalized spacial score (nSPS) is 12.3. The van der Waals surface area contributed by atoms with Crippen LogP contribution in [-0.4, -0.2) is 27.2 Å². The van der Waals surface area contributed by atoms with Crippen LogP contribution in [-0.2, 0) is 11.2 Å². The summed E-state index contributed by atoms with van der Waals surface area (Å²) in [4.78, 5) is 15.9. The van der Waals surface area contributed by atoms with Gasteiger partial charge < -0.3 is 10.4 Å². The van der Waals surface area contributed by atoms with Crippen molar-refractivity contribution >= 4 is 16.9 Å². The predicted octanol–water partition coefficient (Wildman–Crippen LogP) is 3.15. The van der Waals surface area contributed by atoms with E-state index in [2.05, 4.69) is 16.0 Å². The van der Waals surface area contributed by atoms with Crippen molar-refractivity contribution in [2.24, 2.45) is 0 Å². The van der Waals surface area contributed by atoms with Crippen LogP contribution in [0.4, 0.5) is 0 Å². The van der Waals surface area contributed by atoms with E-state index in [1.807, 2.05) is 49.4 Å². The highest BCUT2D eigenvalue weighted by molar-refractivity contribution is 5.78. The van der Waals surface area contributed by atoms with E-state index < -0.39 is 0 Å². The van der Waals surface area contributed by atoms with E-state index in [1.54, 1.807) is 0 Å². The Morgan fingerprint density at radius 3 is 2.60 bits per heavy atom. The molecule has 0 aliphatic heterocycles. The number of rotatable bonds is 6. The lowest BCUT2D eigenvalue weighted by Crippen LogP contribution is -2.23. The summed E-state index contributed by atoms with van der Waals surface area (Å²) in [6, 6.07) is 16.2. The summed E-state index contributed by atoms with van der Waals surface area (Å²) in [6.07, 6.45) is 1.40. The van der Waals surface area contributed by atoms with E-state index in [1.165, 1.54) is 6.92 Å². The Labute approximate surface area is 147 Å². The zero-order chi connectivity index (χ0) is 17.8. The smallest absolute Gasteiger partial charge is 0.217 e. The number of benzene rings is 2. The van der Waals surface area contributed by atoms with Gasteiger partial charge >= 0.3 is 0 Å². The lowest BCUT2D eigenvalue weighted by molar-refractivity contribution is -0.119. The zero-order valence-electron chi connectivity index (χ0n) is 14.6. The van der Waals surface area contributed by atoms with Crippen molar-refractivity contribution in [2.45, 2.75) is 32.7 Å². The van der Waals surface area contributed by atoms with Crippen molar-refractivity contribution in [3.05, 3.63) is 59.9 Å². The van der Waals surface area contributed by atoms with E-state index in [-0.39, 0.29) is 18.6 Å². The van der Waals surface area contributed by atoms with Gasteiger partial charge in [-0.2, -0.15) is 0 Å². The maximum atomic E-state index is 11.2. The topological polar surface area (TPSA) is 67.2 Å². The molecule has 25 heavy (non-hydrogen) atoms. The number of aromatic nitrogens is 2. The molecule has 0 unspecified atom stereocenters. The molecule has 0 radical (unpaired) electrons. The summed E-state index contributed by atoms with van der Waals surface area (Å²) >= 11 is 0. The zero-order valence-corrected chi connectivity index (χ0v) is 14.6. The van der Waals surface area contributed by atoms with Crippen molar-refractivity contribution in [1.82, 2.24) is 14.9 Å². The van der Waals surface area contributed by atoms with E-state index in [9.17, 15) is 4.79 Å². The first kappa shape index (κ1) is 17.2. The third-order valence-corrected chi connectivity index (χ3v) is 4.26. The number of aliphatic hydroxyl groups excluding tert-OH is 1. The summed E-state index contributed by atoms with van der Waals surface area (Å²) in [5, 5.41) is 12.1. The summed E-state index contributed by atoms with van der Waals surface area (Å²) in [5.74, 6) is 0.904. The summed E-state index contributed by atoms with van der Waals surface area (Å²) in [6.45, 7) is 3.64. The van der Waals surface area contributed by atoms with Crippen LogP contribution in [0.2, 0.25) is 0 Å². The monoisotopic (exact) mass is 337 g/mol. The molecule has 2 N–H and O–H groups in total. The largest absolute Gasteiger partial charge is 0.396 e. The Hall–Kier alpha value is -2.66. The lowest BCUT2D eigenvalue weighted by Gasteiger charge is -2.14. The number of imidazole rings is 1. The van der Waals surface area contributed by atoms with Crippen LogP contribution in [0.1, 0.15) is 37.7 Å². The molecule has 1 atom stereocenters. The molecule has 0 saturated heterocycles. The minimum atomic E-state index is -0.0385. The van der Waals surface area contributed by atoms with E-state index >= 15 is 0 Å². The van der Waals surface area contributed by atoms with Gasteiger partial charge in [-0.1, -0.05) is 24.3 Å². The Kier molecular flexibility index (Phi) is 5.14. The fourth-order valence-corrected chi connectivity index (χ4v) is 3.07. The van der Waals surface area contributed by atoms with Crippen molar-refractivity contribution in [3.8, 4) is 5.69 Å². The van der Waals surface area contributed by atoms with Crippen LogP contribution >= 0.6 is 0 Å². The molecule has 0 bridgehead atoms. The fourth-order valence-electron chi connectivity index (χ4n) is 3.07. The van der Waals surface area contributed by atoms with E-state index in [4.69, 9.17) is 10.1 Å². The molecule has 5 nitrogen and oxygen atoms in total. The maximum absolute atomic E-state index is 11.2. The molecule has 3 rings (SSSR count). The third kappa shape index (κ3) is 3.72. The number of nitrogens with one attached hydrogen (secondary N) is 1. The molecular formula is C20H23N3O2. The van der Waals surface area contributed by atoms with Gasteiger partial charge in [-0.15, -0.1) is 0 Å². The van der Waals surface area contributed by atoms with Crippen molar-refractivity contribution in [3.63, 3.8) is 0 Å². The number of hydrogen-bond donors (Lipinski definition) is 2. The molecule has 0 fully saturated rings. The minimum Gasteiger partial charge on any atom is -0.396 e. The Balaban J connectivity index is 1.99. The molecule has 5 heteroatoms. The fraction of sp³-hybridized carbons (Fsp3) is 0.300. The van der Waals surface area contributed by atoms with Gasteiger partial charge in [-0.3, -0.25) is 9.36 Å². The summed E-state index contributed by atoms with van der Waals surface area (Å²) < 4.78 is 2.14. The minimum absolute atomic E-state index is 0.0278. The highest BCUT2D eigenvalue weighted by Crippen LogP contribution is 2.24. The van der Waals surface area contributed by atoms with Crippen LogP contribution in [0.3, 0.4) is 0 Å². The van der Waals surface area contributed by atoms with Gasteiger partial charge in [0.2, 0.25) is 5.91 Å². The molecular weight excluding hydrogens is 314 g/mol. The molecule has 1 aromatic heterocycles. The highest BCUT2D eigenvalue weighted by atomic mass is 16.2. The SMILES string of the molecule is CC(=O)N[C@@H](C)c1ccc(-n2c(CCCO)nc3ccccc32)cc1. The first-order chi connectivity index (χ1) is 12.1. The first-order valence-corrected chi connectivity index (χ1v) is 8.55. The second kappa shape index (κ2) is 7.49. The van der Waals surface area contributed by atoms with Crippen LogP contribution in [0.25, 0.3) is 16.7 Å². The van der Waals surface area contributed by atoms with Crippen molar-refractivity contribution < 1.29 is 9.90 Å². The van der Waals surface area contributed by atoms with E-state index in [0.717, 1.165) is 34.5 Å². The number of amides is 1. The van der Waals surface area contributed by atoms with Gasteiger partial charge in [-0.05, 0) is 43.2 Å². The van der Waals surface area contributed by atoms with Gasteiger partial charge in [-0.25, -0.2) is 4.98 Å². The maximum Gasteiger partial charge on any atom is 0.217 e. The number of nitrogens with zero attached hydrogens (tertiary/aromatic N) is 2. The van der Waals surface area contributed by atoms with E-state index in [0.29, 0.717) is 6.42 Å². The van der Waals surface area contributed by atoms with Crippen molar-refractivity contribution in [2.75, 3.05) is 6.61 Å². The van der Waals surface area contributed by atoms with Crippen LogP contribution in [0.15, 0.2) is 48.5 Å².